The first-order chi connectivity index (χ1) is 16.8. The van der Waals surface area contributed by atoms with Gasteiger partial charge in [0.2, 0.25) is 0 Å². The van der Waals surface area contributed by atoms with Gasteiger partial charge in [0, 0.05) is 11.1 Å². The summed E-state index contributed by atoms with van der Waals surface area (Å²) in [6.07, 6.45) is 0. The lowest BCUT2D eigenvalue weighted by Crippen LogP contribution is -2.04. The van der Waals surface area contributed by atoms with E-state index < -0.39 is 9.84 Å². The van der Waals surface area contributed by atoms with Crippen molar-refractivity contribution in [3.8, 4) is 35.1 Å². The molecule has 0 radical (unpaired) electrons. The highest BCUT2D eigenvalue weighted by atomic mass is 35.5. The number of hydrogen-bond donors (Lipinski definition) is 0. The first-order valence-electron chi connectivity index (χ1n) is 10.3. The summed E-state index contributed by atoms with van der Waals surface area (Å²) in [5, 5.41) is 18.8. The normalized spacial score (nSPS) is 10.7. The Morgan fingerprint density at radius 3 is 1.83 bits per heavy atom. The lowest BCUT2D eigenvalue weighted by molar-refractivity contribution is 0.460. The summed E-state index contributed by atoms with van der Waals surface area (Å²) in [5.74, 6) is 1.59. The number of hydrogen-bond acceptors (Lipinski definition) is 6. The summed E-state index contributed by atoms with van der Waals surface area (Å²) in [6, 6.07) is 28.2. The van der Waals surface area contributed by atoms with Crippen molar-refractivity contribution < 1.29 is 17.9 Å². The second-order valence-electron chi connectivity index (χ2n) is 7.51. The zero-order valence-corrected chi connectivity index (χ0v) is 19.8. The molecule has 0 bridgehead atoms. The molecule has 0 N–H and O–H groups in total. The minimum atomic E-state index is -3.53. The molecule has 0 amide bonds. The quantitative estimate of drug-likeness (QED) is 0.282. The van der Waals surface area contributed by atoms with E-state index in [4.69, 9.17) is 31.6 Å². The smallest absolute Gasteiger partial charge is 0.182 e. The van der Waals surface area contributed by atoms with Crippen LogP contribution in [0.4, 0.5) is 0 Å². The molecule has 0 aliphatic carbocycles. The molecule has 0 spiro atoms. The molecule has 172 valence electrons. The van der Waals surface area contributed by atoms with Crippen LogP contribution in [-0.2, 0) is 15.6 Å². The zero-order chi connectivity index (χ0) is 24.8. The lowest BCUT2D eigenvalue weighted by atomic mass is 10.1. The Bertz CT molecular complexity index is 1520. The third-order valence-corrected chi connectivity index (χ3v) is 6.85. The molecule has 0 atom stereocenters. The van der Waals surface area contributed by atoms with Crippen molar-refractivity contribution in [3.63, 3.8) is 0 Å². The van der Waals surface area contributed by atoms with Gasteiger partial charge < -0.3 is 9.47 Å². The highest BCUT2D eigenvalue weighted by molar-refractivity contribution is 7.90. The summed E-state index contributed by atoms with van der Waals surface area (Å²) in [6.45, 7) is 0. The van der Waals surface area contributed by atoms with Crippen LogP contribution in [0.2, 0.25) is 5.02 Å². The van der Waals surface area contributed by atoms with Gasteiger partial charge in [-0.1, -0.05) is 29.8 Å². The van der Waals surface area contributed by atoms with Crippen molar-refractivity contribution in [2.45, 2.75) is 10.6 Å². The maximum atomic E-state index is 12.7. The standard InChI is InChI=1S/C27H17ClN2O4S/c28-22-6-4-19(5-7-22)18-35(31,32)27-10-8-23(9-11-27)33-24-2-1-3-25(15-24)34-26-13-20(16-29)12-21(14-26)17-30/h1-15H,18H2. The predicted molar refractivity (Wildman–Crippen MR) is 131 cm³/mol. The van der Waals surface area contributed by atoms with Crippen molar-refractivity contribution in [2.24, 2.45) is 0 Å². The van der Waals surface area contributed by atoms with E-state index in [1.807, 2.05) is 12.1 Å². The molecule has 35 heavy (non-hydrogen) atoms. The van der Waals surface area contributed by atoms with Gasteiger partial charge in [0.15, 0.2) is 9.84 Å². The van der Waals surface area contributed by atoms with E-state index in [-0.39, 0.29) is 10.6 Å². The fraction of sp³-hybridized carbons (Fsp3) is 0.0370. The van der Waals surface area contributed by atoms with Crippen LogP contribution in [0.25, 0.3) is 0 Å². The first kappa shape index (κ1) is 23.8. The molecule has 0 heterocycles. The topological polar surface area (TPSA) is 100 Å². The summed E-state index contributed by atoms with van der Waals surface area (Å²) < 4.78 is 37.1. The average Bonchev–Trinajstić information content (AvgIpc) is 2.85. The van der Waals surface area contributed by atoms with Crippen LogP contribution in [0.15, 0.2) is 95.9 Å². The molecule has 8 heteroatoms. The van der Waals surface area contributed by atoms with Crippen LogP contribution in [-0.4, -0.2) is 8.42 Å². The predicted octanol–water partition coefficient (Wildman–Crippen LogP) is 6.64. The molecule has 0 saturated carbocycles. The van der Waals surface area contributed by atoms with E-state index in [2.05, 4.69) is 0 Å². The maximum Gasteiger partial charge on any atom is 0.182 e. The fourth-order valence-corrected chi connectivity index (χ4v) is 4.73. The lowest BCUT2D eigenvalue weighted by Gasteiger charge is -2.10. The Kier molecular flexibility index (Phi) is 7.03. The third-order valence-electron chi connectivity index (χ3n) is 4.89. The van der Waals surface area contributed by atoms with Gasteiger partial charge in [0.25, 0.3) is 0 Å². The van der Waals surface area contributed by atoms with Crippen molar-refractivity contribution in [2.75, 3.05) is 0 Å². The van der Waals surface area contributed by atoms with E-state index in [9.17, 15) is 8.42 Å². The molecule has 0 aliphatic heterocycles. The van der Waals surface area contributed by atoms with Gasteiger partial charge in [-0.05, 0) is 72.3 Å². The van der Waals surface area contributed by atoms with E-state index >= 15 is 0 Å². The summed E-state index contributed by atoms with van der Waals surface area (Å²) in [7, 11) is -3.53. The van der Waals surface area contributed by atoms with Crippen LogP contribution in [0.1, 0.15) is 16.7 Å². The van der Waals surface area contributed by atoms with Crippen LogP contribution in [0.5, 0.6) is 23.0 Å². The SMILES string of the molecule is N#Cc1cc(C#N)cc(Oc2cccc(Oc3ccc(S(=O)(=O)Cc4ccc(Cl)cc4)cc3)c2)c1. The summed E-state index contributed by atoms with van der Waals surface area (Å²) in [5.41, 5.74) is 1.28. The van der Waals surface area contributed by atoms with Crippen molar-refractivity contribution in [3.05, 3.63) is 113 Å². The average molecular weight is 501 g/mol. The van der Waals surface area contributed by atoms with Gasteiger partial charge >= 0.3 is 0 Å². The molecular formula is C27H17ClN2O4S. The van der Waals surface area contributed by atoms with Crippen molar-refractivity contribution in [1.82, 2.24) is 0 Å². The molecule has 4 aromatic rings. The minimum Gasteiger partial charge on any atom is -0.457 e. The Balaban J connectivity index is 1.47. The number of sulfone groups is 1. The molecule has 0 unspecified atom stereocenters. The number of nitriles is 2. The molecule has 0 fully saturated rings. The van der Waals surface area contributed by atoms with Crippen LogP contribution in [0.3, 0.4) is 0 Å². The van der Waals surface area contributed by atoms with Gasteiger partial charge in [-0.25, -0.2) is 8.42 Å². The van der Waals surface area contributed by atoms with Crippen molar-refractivity contribution in [1.29, 1.82) is 10.5 Å². The van der Waals surface area contributed by atoms with E-state index in [1.165, 1.54) is 30.3 Å². The fourth-order valence-electron chi connectivity index (χ4n) is 3.26. The first-order valence-corrected chi connectivity index (χ1v) is 12.4. The van der Waals surface area contributed by atoms with Gasteiger partial charge in [-0.2, -0.15) is 10.5 Å². The zero-order valence-electron chi connectivity index (χ0n) is 18.2. The highest BCUT2D eigenvalue weighted by Gasteiger charge is 2.15. The van der Waals surface area contributed by atoms with E-state index in [1.54, 1.807) is 60.7 Å². The van der Waals surface area contributed by atoms with Gasteiger partial charge in [0.1, 0.15) is 23.0 Å². The van der Waals surface area contributed by atoms with E-state index in [0.717, 1.165) is 0 Å². The van der Waals surface area contributed by atoms with Gasteiger partial charge in [-0.15, -0.1) is 0 Å². The molecule has 4 aromatic carbocycles. The largest absolute Gasteiger partial charge is 0.457 e. The number of benzene rings is 4. The van der Waals surface area contributed by atoms with E-state index in [0.29, 0.717) is 44.7 Å². The highest BCUT2D eigenvalue weighted by Crippen LogP contribution is 2.30. The second kappa shape index (κ2) is 10.3. The number of nitrogens with zero attached hydrogens (tertiary/aromatic N) is 2. The van der Waals surface area contributed by atoms with Gasteiger partial charge in [0.05, 0.1) is 33.9 Å². The Labute approximate surface area is 208 Å². The number of rotatable bonds is 7. The van der Waals surface area contributed by atoms with Crippen LogP contribution < -0.4 is 9.47 Å². The minimum absolute atomic E-state index is 0.135. The van der Waals surface area contributed by atoms with Crippen LogP contribution in [0, 0.1) is 22.7 Å². The Morgan fingerprint density at radius 2 is 1.26 bits per heavy atom. The summed E-state index contributed by atoms with van der Waals surface area (Å²) in [4.78, 5) is 0.183. The van der Waals surface area contributed by atoms with Crippen molar-refractivity contribution >= 4 is 21.4 Å². The molecular weight excluding hydrogens is 484 g/mol. The monoisotopic (exact) mass is 500 g/mol. The third kappa shape index (κ3) is 6.18. The Morgan fingerprint density at radius 1 is 0.686 bits per heavy atom. The molecule has 0 aliphatic rings. The maximum absolute atomic E-state index is 12.7. The summed E-state index contributed by atoms with van der Waals surface area (Å²) >= 11 is 5.86. The molecule has 6 nitrogen and oxygen atoms in total. The Hall–Kier alpha value is -4.30. The molecule has 0 saturated heterocycles. The van der Waals surface area contributed by atoms with Gasteiger partial charge in [-0.3, -0.25) is 0 Å². The molecule has 0 aromatic heterocycles. The second-order valence-corrected chi connectivity index (χ2v) is 9.93. The number of ether oxygens (including phenoxy) is 2. The number of halogens is 1. The van der Waals surface area contributed by atoms with Crippen LogP contribution >= 0.6 is 11.6 Å². The molecule has 4 rings (SSSR count).